The van der Waals surface area contributed by atoms with E-state index in [0.717, 1.165) is 4.90 Å². The Morgan fingerprint density at radius 1 is 1.67 bits per heavy atom. The molecule has 0 spiro atoms. The summed E-state index contributed by atoms with van der Waals surface area (Å²) in [5.74, 6) is 0. The van der Waals surface area contributed by atoms with Crippen molar-refractivity contribution in [2.24, 2.45) is 0 Å². The molecule has 0 aromatic heterocycles. The van der Waals surface area contributed by atoms with Crippen molar-refractivity contribution in [1.82, 2.24) is 4.90 Å². The van der Waals surface area contributed by atoms with Crippen molar-refractivity contribution in [2.75, 3.05) is 7.05 Å². The lowest BCUT2D eigenvalue weighted by Crippen LogP contribution is -2.18. The second kappa shape index (κ2) is 3.47. The summed E-state index contributed by atoms with van der Waals surface area (Å²) >= 11 is 4.85. The number of nitrogens with zero attached hydrogens (tertiary/aromatic N) is 1. The zero-order valence-electron chi connectivity index (χ0n) is 4.54. The zero-order chi connectivity index (χ0) is 7.44. The highest BCUT2D eigenvalue weighted by atomic mass is 35.5. The molecule has 0 heterocycles. The minimum absolute atomic E-state index is 0.676. The molecular weight excluding hydrogens is 166 g/mol. The van der Waals surface area contributed by atoms with Crippen LogP contribution in [0.1, 0.15) is 0 Å². The van der Waals surface area contributed by atoms with E-state index in [2.05, 4.69) is 0 Å². The van der Waals surface area contributed by atoms with Crippen molar-refractivity contribution in [2.45, 2.75) is 0 Å². The summed E-state index contributed by atoms with van der Waals surface area (Å²) in [4.78, 5) is 10.8. The smallest absolute Gasteiger partial charge is 0.295 e. The van der Waals surface area contributed by atoms with Crippen LogP contribution in [0.2, 0.25) is 0 Å². The fourth-order valence-corrected chi connectivity index (χ4v) is 0.631. The second-order valence-electron chi connectivity index (χ2n) is 1.23. The number of carbonyl (C=O) groups excluding carboxylic acids is 1. The van der Waals surface area contributed by atoms with Gasteiger partial charge in [-0.15, -0.1) is 0 Å². The van der Waals surface area contributed by atoms with Gasteiger partial charge in [-0.3, -0.25) is 9.69 Å². The first-order valence-electron chi connectivity index (χ1n) is 1.89. The van der Waals surface area contributed by atoms with Gasteiger partial charge in [-0.05, 0) is 11.6 Å². The van der Waals surface area contributed by atoms with E-state index in [1.807, 2.05) is 0 Å². The molecule has 4 nitrogen and oxygen atoms in total. The van der Waals surface area contributed by atoms with Gasteiger partial charge in [-0.2, -0.15) is 8.42 Å². The van der Waals surface area contributed by atoms with Gasteiger partial charge in [0.05, 0.1) is 0 Å². The van der Waals surface area contributed by atoms with Crippen LogP contribution < -0.4 is 0 Å². The molecule has 0 aliphatic carbocycles. The lowest BCUT2D eigenvalue weighted by molar-refractivity contribution is 0.249. The van der Waals surface area contributed by atoms with Crippen LogP contribution in [0.25, 0.3) is 0 Å². The van der Waals surface area contributed by atoms with Crippen molar-refractivity contribution in [3.8, 4) is 0 Å². The van der Waals surface area contributed by atoms with Gasteiger partial charge < -0.3 is 0 Å². The molecule has 9 heavy (non-hydrogen) atoms. The third-order valence-electron chi connectivity index (χ3n) is 0.521. The van der Waals surface area contributed by atoms with Crippen molar-refractivity contribution in [3.63, 3.8) is 0 Å². The predicted molar refractivity (Wildman–Crippen MR) is 34.0 cm³/mol. The topological polar surface area (TPSA) is 54.5 Å². The molecule has 52 valence electrons. The Balaban J connectivity index is 4.26. The number of amides is 1. The lowest BCUT2D eigenvalue weighted by Gasteiger charge is -1.99. The van der Waals surface area contributed by atoms with Gasteiger partial charge in [0.1, 0.15) is 5.49 Å². The Hall–Kier alpha value is -0.550. The first-order valence-corrected chi connectivity index (χ1v) is 3.41. The van der Waals surface area contributed by atoms with E-state index < -0.39 is 15.7 Å². The minimum Gasteiger partial charge on any atom is -0.295 e. The largest absolute Gasteiger partial charge is 0.320 e. The van der Waals surface area contributed by atoms with Crippen LogP contribution in [0.3, 0.4) is 0 Å². The van der Waals surface area contributed by atoms with Crippen LogP contribution in [0, 0.1) is 0 Å². The number of hydrogen-bond acceptors (Lipinski definition) is 3. The van der Waals surface area contributed by atoms with Crippen LogP contribution in [-0.4, -0.2) is 31.2 Å². The van der Waals surface area contributed by atoms with Crippen LogP contribution in [0.15, 0.2) is 0 Å². The molecule has 0 aliphatic heterocycles. The van der Waals surface area contributed by atoms with Crippen molar-refractivity contribution in [1.29, 1.82) is 0 Å². The highest BCUT2D eigenvalue weighted by Crippen LogP contribution is 1.85. The van der Waals surface area contributed by atoms with Gasteiger partial charge in [-0.1, -0.05) is 0 Å². The molecule has 0 saturated heterocycles. The van der Waals surface area contributed by atoms with E-state index in [0.29, 0.717) is 5.49 Å². The molecule has 0 aromatic carbocycles. The number of halogens is 1. The quantitative estimate of drug-likeness (QED) is 0.313. The summed E-state index contributed by atoms with van der Waals surface area (Å²) in [7, 11) is -1.13. The molecule has 0 N–H and O–H groups in total. The molecule has 0 aliphatic rings. The third kappa shape index (κ3) is 3.99. The summed E-state index contributed by atoms with van der Waals surface area (Å²) < 4.78 is 19.6. The third-order valence-corrected chi connectivity index (χ3v) is 1.28. The van der Waals surface area contributed by atoms with Gasteiger partial charge in [0.15, 0.2) is 0 Å². The fourth-order valence-electron chi connectivity index (χ4n) is 0.171. The van der Waals surface area contributed by atoms with E-state index in [1.54, 1.807) is 0 Å². The van der Waals surface area contributed by atoms with Crippen molar-refractivity contribution < 1.29 is 13.2 Å². The molecule has 0 aromatic rings. The first kappa shape index (κ1) is 8.45. The number of rotatable bonds is 1. The summed E-state index contributed by atoms with van der Waals surface area (Å²) in [6.45, 7) is 0. The normalized spacial score (nSPS) is 8.22. The average molecular weight is 170 g/mol. The predicted octanol–water partition coefficient (Wildman–Crippen LogP) is -0.0842. The standard InChI is InChI=1S/C3H4ClNO3S/c1-5(3(4)6)2-9(7)8/h2H,1H3. The van der Waals surface area contributed by atoms with Crippen molar-refractivity contribution >= 4 is 32.8 Å². The maximum absolute atomic E-state index is 10.1. The van der Waals surface area contributed by atoms with Gasteiger partial charge in [-0.25, -0.2) is 0 Å². The fraction of sp³-hybridized carbons (Fsp3) is 0.333. The summed E-state index contributed by atoms with van der Waals surface area (Å²) in [6.07, 6.45) is 0. The maximum Gasteiger partial charge on any atom is 0.320 e. The molecule has 0 atom stereocenters. The molecule has 0 bridgehead atoms. The highest BCUT2D eigenvalue weighted by Gasteiger charge is 1.98. The monoisotopic (exact) mass is 169 g/mol. The molecule has 0 rings (SSSR count). The van der Waals surface area contributed by atoms with Crippen LogP contribution in [-0.2, 0) is 10.3 Å². The Bertz CT molecular complexity index is 223. The Kier molecular flexibility index (Phi) is 3.26. The van der Waals surface area contributed by atoms with Gasteiger partial charge in [0.25, 0.3) is 0 Å². The summed E-state index contributed by atoms with van der Waals surface area (Å²) in [6, 6.07) is 0. The Morgan fingerprint density at radius 3 is 2.22 bits per heavy atom. The van der Waals surface area contributed by atoms with Crippen LogP contribution in [0.4, 0.5) is 4.79 Å². The van der Waals surface area contributed by atoms with E-state index in [9.17, 15) is 13.2 Å². The number of hydrogen-bond donors (Lipinski definition) is 0. The van der Waals surface area contributed by atoms with Crippen molar-refractivity contribution in [3.05, 3.63) is 0 Å². The van der Waals surface area contributed by atoms with E-state index in [4.69, 9.17) is 11.6 Å². The van der Waals surface area contributed by atoms with E-state index in [-0.39, 0.29) is 0 Å². The number of carbonyl (C=O) groups is 1. The van der Waals surface area contributed by atoms with E-state index >= 15 is 0 Å². The van der Waals surface area contributed by atoms with Crippen LogP contribution in [0.5, 0.6) is 0 Å². The molecule has 1 amide bonds. The second-order valence-corrected chi connectivity index (χ2v) is 2.28. The van der Waals surface area contributed by atoms with E-state index in [1.165, 1.54) is 7.05 Å². The molecule has 0 radical (unpaired) electrons. The lowest BCUT2D eigenvalue weighted by atomic mass is 11.0. The Labute approximate surface area is 58.6 Å². The van der Waals surface area contributed by atoms with Gasteiger partial charge in [0, 0.05) is 7.05 Å². The molecule has 0 fully saturated rings. The molecule has 6 heteroatoms. The van der Waals surface area contributed by atoms with Gasteiger partial charge >= 0.3 is 5.37 Å². The average Bonchev–Trinajstić information content (AvgIpc) is 1.63. The van der Waals surface area contributed by atoms with Gasteiger partial charge in [0.2, 0.25) is 10.3 Å². The first-order chi connectivity index (χ1) is 4.04. The summed E-state index contributed by atoms with van der Waals surface area (Å²) in [5, 5.41) is -0.834. The minimum atomic E-state index is -2.37. The maximum atomic E-state index is 10.1. The SMILES string of the molecule is CN(C=S(=O)=O)C(=O)Cl. The highest BCUT2D eigenvalue weighted by molar-refractivity contribution is 7.71. The summed E-state index contributed by atoms with van der Waals surface area (Å²) in [5.41, 5.74) is 0.676. The van der Waals surface area contributed by atoms with Crippen LogP contribution >= 0.6 is 11.6 Å². The molecule has 0 saturated carbocycles. The zero-order valence-corrected chi connectivity index (χ0v) is 6.11. The molecular formula is C3H4ClNO3S. The molecule has 0 unspecified atom stereocenters. The Morgan fingerprint density at radius 2 is 2.11 bits per heavy atom.